The highest BCUT2D eigenvalue weighted by Gasteiger charge is 2.15. The van der Waals surface area contributed by atoms with E-state index in [1.807, 2.05) is 0 Å². The van der Waals surface area contributed by atoms with E-state index in [1.54, 1.807) is 5.56 Å². The van der Waals surface area contributed by atoms with E-state index in [-0.39, 0.29) is 0 Å². The molecule has 1 aliphatic rings. The van der Waals surface area contributed by atoms with Gasteiger partial charge in [0.1, 0.15) is 0 Å². The highest BCUT2D eigenvalue weighted by Crippen LogP contribution is 2.28. The van der Waals surface area contributed by atoms with Gasteiger partial charge in [0.05, 0.1) is 7.85 Å². The smallest absolute Gasteiger partial charge is 0.0640 e. The minimum Gasteiger partial charge on any atom is -0.0640 e. The third kappa shape index (κ3) is 1.08. The molecule has 12 heavy (non-hydrogen) atoms. The summed E-state index contributed by atoms with van der Waals surface area (Å²) < 4.78 is 0. The molecule has 0 saturated carbocycles. The summed E-state index contributed by atoms with van der Waals surface area (Å²) in [5.74, 6) is 0. The predicted octanol–water partition coefficient (Wildman–Crippen LogP) is 2.15. The molecule has 0 spiro atoms. The van der Waals surface area contributed by atoms with E-state index in [0.29, 0.717) is 6.32 Å². The van der Waals surface area contributed by atoms with Crippen molar-refractivity contribution in [3.8, 4) is 0 Å². The minimum atomic E-state index is 0.697. The lowest BCUT2D eigenvalue weighted by molar-refractivity contribution is 0.906. The van der Waals surface area contributed by atoms with Crippen molar-refractivity contribution < 1.29 is 0 Å². The number of hydrogen-bond acceptors (Lipinski definition) is 0. The maximum Gasteiger partial charge on any atom is 0.0716 e. The summed E-state index contributed by atoms with van der Waals surface area (Å²) in [5.41, 5.74) is 5.91. The zero-order chi connectivity index (χ0) is 8.55. The van der Waals surface area contributed by atoms with Gasteiger partial charge in [-0.1, -0.05) is 24.0 Å². The molecule has 1 heteroatoms. The molecule has 0 heterocycles. The van der Waals surface area contributed by atoms with E-state index in [1.165, 1.54) is 36.0 Å². The molecule has 0 aromatic heterocycles. The number of hydrogen-bond donors (Lipinski definition) is 0. The molecule has 1 aliphatic carbocycles. The summed E-state index contributed by atoms with van der Waals surface area (Å²) in [6, 6.07) is 4.38. The Morgan fingerprint density at radius 3 is 2.75 bits per heavy atom. The van der Waals surface area contributed by atoms with Crippen LogP contribution in [0.15, 0.2) is 12.1 Å². The number of rotatable bonds is 1. The molecule has 0 aliphatic heterocycles. The summed E-state index contributed by atoms with van der Waals surface area (Å²) in [6.45, 7) is 2.20. The Kier molecular flexibility index (Phi) is 1.96. The fourth-order valence-electron chi connectivity index (χ4n) is 2.15. The van der Waals surface area contributed by atoms with Gasteiger partial charge in [0.25, 0.3) is 0 Å². The molecule has 60 valence electrons. The topological polar surface area (TPSA) is 0 Å². The highest BCUT2D eigenvalue weighted by molar-refractivity contribution is 6.08. The molecule has 0 amide bonds. The van der Waals surface area contributed by atoms with Gasteiger partial charge in [0.15, 0.2) is 0 Å². The highest BCUT2D eigenvalue weighted by atomic mass is 14.2. The Morgan fingerprint density at radius 2 is 2.00 bits per heavy atom. The van der Waals surface area contributed by atoms with Gasteiger partial charge in [-0.25, -0.2) is 0 Å². The van der Waals surface area contributed by atoms with Crippen LogP contribution in [0.25, 0.3) is 0 Å². The van der Waals surface area contributed by atoms with Gasteiger partial charge in [0, 0.05) is 0 Å². The Hall–Kier alpha value is -0.715. The molecule has 0 bridgehead atoms. The van der Waals surface area contributed by atoms with Crippen molar-refractivity contribution in [2.24, 2.45) is 0 Å². The van der Waals surface area contributed by atoms with Gasteiger partial charge in [0.2, 0.25) is 0 Å². The Labute approximate surface area is 75.4 Å². The number of fused-ring (bicyclic) bond motifs is 1. The molecule has 0 saturated heterocycles. The molecule has 0 N–H and O–H groups in total. The van der Waals surface area contributed by atoms with Crippen LogP contribution in [0.5, 0.6) is 0 Å². The fraction of sp³-hybridized carbons (Fsp3) is 0.455. The average Bonchev–Trinajstić information content (AvgIpc) is 2.54. The van der Waals surface area contributed by atoms with Crippen LogP contribution in [0.4, 0.5) is 0 Å². The zero-order valence-corrected chi connectivity index (χ0v) is 7.56. The van der Waals surface area contributed by atoms with Crippen LogP contribution in [0.3, 0.4) is 0 Å². The number of aryl methyl sites for hydroxylation is 1. The van der Waals surface area contributed by atoms with Gasteiger partial charge >= 0.3 is 0 Å². The standard InChI is InChI=1S/C11H13B/c1-8-5-6-9(7-12)11-4-2-3-10(8)11/h5-6H,2-4,7H2,1H3. The number of benzene rings is 1. The lowest BCUT2D eigenvalue weighted by atomic mass is 9.90. The maximum atomic E-state index is 5.67. The summed E-state index contributed by atoms with van der Waals surface area (Å²) in [4.78, 5) is 0. The summed E-state index contributed by atoms with van der Waals surface area (Å²) in [5, 5.41) is 0. The normalized spacial score (nSPS) is 14.8. The van der Waals surface area contributed by atoms with Crippen molar-refractivity contribution in [1.29, 1.82) is 0 Å². The van der Waals surface area contributed by atoms with Crippen molar-refractivity contribution in [2.75, 3.05) is 0 Å². The van der Waals surface area contributed by atoms with Crippen LogP contribution in [0.2, 0.25) is 0 Å². The zero-order valence-electron chi connectivity index (χ0n) is 7.56. The molecule has 0 nitrogen and oxygen atoms in total. The second-order valence-electron chi connectivity index (χ2n) is 3.56. The van der Waals surface area contributed by atoms with E-state index >= 15 is 0 Å². The van der Waals surface area contributed by atoms with Gasteiger partial charge in [-0.05, 0) is 42.9 Å². The van der Waals surface area contributed by atoms with Crippen LogP contribution in [0, 0.1) is 6.92 Å². The molecule has 1 aromatic rings. The summed E-state index contributed by atoms with van der Waals surface area (Å²) in [6.07, 6.45) is 4.51. The van der Waals surface area contributed by atoms with Gasteiger partial charge < -0.3 is 0 Å². The van der Waals surface area contributed by atoms with E-state index in [4.69, 9.17) is 7.85 Å². The van der Waals surface area contributed by atoms with Crippen molar-refractivity contribution in [1.82, 2.24) is 0 Å². The quantitative estimate of drug-likeness (QED) is 0.546. The Bertz CT molecular complexity index is 302. The molecule has 0 atom stereocenters. The van der Waals surface area contributed by atoms with Crippen LogP contribution < -0.4 is 0 Å². The second-order valence-corrected chi connectivity index (χ2v) is 3.56. The van der Waals surface area contributed by atoms with Crippen LogP contribution >= 0.6 is 0 Å². The average molecular weight is 156 g/mol. The van der Waals surface area contributed by atoms with Crippen LogP contribution in [-0.2, 0) is 19.2 Å². The first-order valence-corrected chi connectivity index (χ1v) is 4.63. The Balaban J connectivity index is 2.57. The third-order valence-electron chi connectivity index (χ3n) is 2.84. The molecule has 0 unspecified atom stereocenters. The minimum absolute atomic E-state index is 0.697. The van der Waals surface area contributed by atoms with Gasteiger partial charge in [-0.2, -0.15) is 0 Å². The first-order chi connectivity index (χ1) is 5.83. The largest absolute Gasteiger partial charge is 0.0716 e. The fourth-order valence-corrected chi connectivity index (χ4v) is 2.15. The first-order valence-electron chi connectivity index (χ1n) is 4.63. The van der Waals surface area contributed by atoms with Crippen molar-refractivity contribution in [3.63, 3.8) is 0 Å². The third-order valence-corrected chi connectivity index (χ3v) is 2.84. The summed E-state index contributed by atoms with van der Waals surface area (Å²) in [7, 11) is 5.67. The second kappa shape index (κ2) is 2.97. The maximum absolute atomic E-state index is 5.67. The lowest BCUT2D eigenvalue weighted by Crippen LogP contribution is -1.95. The molecule has 2 radical (unpaired) electrons. The van der Waals surface area contributed by atoms with E-state index in [0.717, 1.165) is 0 Å². The van der Waals surface area contributed by atoms with E-state index in [2.05, 4.69) is 19.1 Å². The lowest BCUT2D eigenvalue weighted by Gasteiger charge is -2.08. The van der Waals surface area contributed by atoms with Crippen LogP contribution in [0.1, 0.15) is 28.7 Å². The Morgan fingerprint density at radius 1 is 1.25 bits per heavy atom. The predicted molar refractivity (Wildman–Crippen MR) is 52.7 cm³/mol. The SMILES string of the molecule is [B]Cc1ccc(C)c2c1CCC2. The van der Waals surface area contributed by atoms with Crippen LogP contribution in [-0.4, -0.2) is 7.85 Å². The van der Waals surface area contributed by atoms with Crippen molar-refractivity contribution in [2.45, 2.75) is 32.5 Å². The molecule has 1 aromatic carbocycles. The van der Waals surface area contributed by atoms with Crippen molar-refractivity contribution in [3.05, 3.63) is 34.4 Å². The van der Waals surface area contributed by atoms with E-state index in [9.17, 15) is 0 Å². The van der Waals surface area contributed by atoms with Gasteiger partial charge in [-0.3, -0.25) is 0 Å². The first kappa shape index (κ1) is 7.91. The monoisotopic (exact) mass is 156 g/mol. The molecule has 0 fully saturated rings. The molecular weight excluding hydrogens is 143 g/mol. The summed E-state index contributed by atoms with van der Waals surface area (Å²) >= 11 is 0. The molecular formula is C11H13B. The van der Waals surface area contributed by atoms with E-state index < -0.39 is 0 Å². The van der Waals surface area contributed by atoms with Crippen molar-refractivity contribution >= 4 is 7.85 Å². The van der Waals surface area contributed by atoms with Gasteiger partial charge in [-0.15, -0.1) is 0 Å². The molecule has 2 rings (SSSR count).